The lowest BCUT2D eigenvalue weighted by Crippen LogP contribution is -2.37. The number of nitrogens with two attached hydrogens (primary N) is 2. The van der Waals surface area contributed by atoms with Crippen LogP contribution in [-0.2, 0) is 0 Å². The lowest BCUT2D eigenvalue weighted by molar-refractivity contribution is 0.0954. The number of urea groups is 1. The van der Waals surface area contributed by atoms with Gasteiger partial charge >= 0.3 is 6.03 Å². The van der Waals surface area contributed by atoms with E-state index in [0.717, 1.165) is 5.56 Å². The van der Waals surface area contributed by atoms with E-state index in [4.69, 9.17) is 11.6 Å². The van der Waals surface area contributed by atoms with Crippen molar-refractivity contribution in [1.82, 2.24) is 10.6 Å². The van der Waals surface area contributed by atoms with E-state index in [1.807, 2.05) is 13.0 Å². The van der Waals surface area contributed by atoms with Gasteiger partial charge in [0.2, 0.25) is 0 Å². The second-order valence-corrected chi connectivity index (χ2v) is 3.74. The van der Waals surface area contributed by atoms with Crippen molar-refractivity contribution in [3.63, 3.8) is 0 Å². The van der Waals surface area contributed by atoms with Crippen LogP contribution in [0, 0.1) is 6.92 Å². The summed E-state index contributed by atoms with van der Waals surface area (Å²) in [6, 6.07) is 4.68. The lowest BCUT2D eigenvalue weighted by Gasteiger charge is -2.10. The fourth-order valence-corrected chi connectivity index (χ4v) is 1.43. The second-order valence-electron chi connectivity index (χ2n) is 3.74. The van der Waals surface area contributed by atoms with Crippen LogP contribution < -0.4 is 27.6 Å². The summed E-state index contributed by atoms with van der Waals surface area (Å²) in [4.78, 5) is 22.3. The summed E-state index contributed by atoms with van der Waals surface area (Å²) < 4.78 is 0. The van der Waals surface area contributed by atoms with E-state index < -0.39 is 6.03 Å². The van der Waals surface area contributed by atoms with Gasteiger partial charge in [0.05, 0.1) is 11.3 Å². The zero-order valence-corrected chi connectivity index (χ0v) is 10.1. The summed E-state index contributed by atoms with van der Waals surface area (Å²) in [7, 11) is 0. The van der Waals surface area contributed by atoms with E-state index in [0.29, 0.717) is 17.8 Å². The number of nitrogens with one attached hydrogen (secondary N) is 3. The summed E-state index contributed by atoms with van der Waals surface area (Å²) in [5.74, 6) is 5.06. The Bertz CT molecular complexity index is 447. The number of carbonyl (C=O) groups excluding carboxylic acids is 2. The summed E-state index contributed by atoms with van der Waals surface area (Å²) in [6.07, 6.45) is 0. The molecule has 0 radical (unpaired) electrons. The molecule has 0 heterocycles. The average molecular weight is 251 g/mol. The number of anilines is 1. The molecule has 0 aromatic heterocycles. The number of carbonyl (C=O) groups is 2. The van der Waals surface area contributed by atoms with Gasteiger partial charge in [-0.1, -0.05) is 11.6 Å². The Kier molecular flexibility index (Phi) is 4.94. The minimum atomic E-state index is -0.621. The zero-order chi connectivity index (χ0) is 13.5. The Hall–Kier alpha value is -2.28. The van der Waals surface area contributed by atoms with Gasteiger partial charge in [0.25, 0.3) is 5.91 Å². The van der Waals surface area contributed by atoms with Crippen molar-refractivity contribution in [2.24, 2.45) is 11.6 Å². The molecule has 0 unspecified atom stereocenters. The van der Waals surface area contributed by atoms with Gasteiger partial charge in [-0.15, -0.1) is 0 Å². The molecule has 0 bridgehead atoms. The van der Waals surface area contributed by atoms with E-state index >= 15 is 0 Å². The first-order valence-corrected chi connectivity index (χ1v) is 5.43. The highest BCUT2D eigenvalue weighted by molar-refractivity contribution is 5.99. The maximum absolute atomic E-state index is 11.9. The molecule has 18 heavy (non-hydrogen) atoms. The molecule has 98 valence electrons. The first kappa shape index (κ1) is 13.8. The third kappa shape index (κ3) is 3.95. The van der Waals surface area contributed by atoms with E-state index in [2.05, 4.69) is 16.1 Å². The van der Waals surface area contributed by atoms with Crippen molar-refractivity contribution >= 4 is 17.6 Å². The third-order valence-corrected chi connectivity index (χ3v) is 2.28. The van der Waals surface area contributed by atoms with Crippen LogP contribution in [0.4, 0.5) is 10.5 Å². The Morgan fingerprint density at radius 1 is 1.22 bits per heavy atom. The van der Waals surface area contributed by atoms with Crippen LogP contribution in [0.3, 0.4) is 0 Å². The molecule has 0 aliphatic rings. The topological polar surface area (TPSA) is 122 Å². The number of nitrogen functional groups attached to an aromatic ring is 1. The SMILES string of the molecule is Cc1ccc(NN)c(C(=O)NCCNC(N)=O)c1. The van der Waals surface area contributed by atoms with Gasteiger partial charge in [-0.25, -0.2) is 4.79 Å². The molecule has 0 saturated carbocycles. The minimum absolute atomic E-state index is 0.266. The Balaban J connectivity index is 2.60. The molecular weight excluding hydrogens is 234 g/mol. The average Bonchev–Trinajstić information content (AvgIpc) is 2.34. The number of aryl methyl sites for hydroxylation is 1. The number of primary amides is 1. The Morgan fingerprint density at radius 2 is 1.89 bits per heavy atom. The molecule has 0 fully saturated rings. The van der Waals surface area contributed by atoms with Crippen LogP contribution in [0.5, 0.6) is 0 Å². The summed E-state index contributed by atoms with van der Waals surface area (Å²) in [5, 5.41) is 5.03. The van der Waals surface area contributed by atoms with E-state index in [1.54, 1.807) is 12.1 Å². The molecule has 0 saturated heterocycles. The van der Waals surface area contributed by atoms with Crippen molar-refractivity contribution < 1.29 is 9.59 Å². The highest BCUT2D eigenvalue weighted by atomic mass is 16.2. The van der Waals surface area contributed by atoms with Gasteiger partial charge in [-0.3, -0.25) is 10.6 Å². The van der Waals surface area contributed by atoms with E-state index in [1.165, 1.54) is 0 Å². The molecule has 7 N–H and O–H groups in total. The number of rotatable bonds is 5. The molecule has 0 aliphatic heterocycles. The second kappa shape index (κ2) is 6.45. The number of hydrogen-bond donors (Lipinski definition) is 5. The molecule has 7 nitrogen and oxygen atoms in total. The highest BCUT2D eigenvalue weighted by Gasteiger charge is 2.10. The first-order valence-electron chi connectivity index (χ1n) is 5.43. The van der Waals surface area contributed by atoms with Crippen molar-refractivity contribution in [2.75, 3.05) is 18.5 Å². The maximum Gasteiger partial charge on any atom is 0.312 e. The predicted molar refractivity (Wildman–Crippen MR) is 68.9 cm³/mol. The molecule has 0 aliphatic carbocycles. The maximum atomic E-state index is 11.9. The quantitative estimate of drug-likeness (QED) is 0.279. The molecular formula is C11H17N5O2. The predicted octanol–water partition coefficient (Wildman–Crippen LogP) is -0.321. The number of hydrogen-bond acceptors (Lipinski definition) is 4. The van der Waals surface area contributed by atoms with Gasteiger partial charge in [-0.2, -0.15) is 0 Å². The molecule has 7 heteroatoms. The van der Waals surface area contributed by atoms with E-state index in [9.17, 15) is 9.59 Å². The van der Waals surface area contributed by atoms with E-state index in [-0.39, 0.29) is 12.5 Å². The fourth-order valence-electron chi connectivity index (χ4n) is 1.43. The third-order valence-electron chi connectivity index (χ3n) is 2.28. The monoisotopic (exact) mass is 251 g/mol. The number of benzene rings is 1. The molecule has 1 aromatic rings. The number of amides is 3. The minimum Gasteiger partial charge on any atom is -0.352 e. The zero-order valence-electron chi connectivity index (χ0n) is 10.1. The van der Waals surface area contributed by atoms with Gasteiger partial charge in [0.15, 0.2) is 0 Å². The summed E-state index contributed by atoms with van der Waals surface area (Å²) >= 11 is 0. The van der Waals surface area contributed by atoms with Crippen LogP contribution in [0.1, 0.15) is 15.9 Å². The molecule has 1 rings (SSSR count). The highest BCUT2D eigenvalue weighted by Crippen LogP contribution is 2.15. The normalized spacial score (nSPS) is 9.67. The fraction of sp³-hybridized carbons (Fsp3) is 0.273. The molecule has 0 spiro atoms. The summed E-state index contributed by atoms with van der Waals surface area (Å²) in [5.41, 5.74) is 9.31. The van der Waals surface area contributed by atoms with Gasteiger partial charge in [0, 0.05) is 13.1 Å². The standard InChI is InChI=1S/C11H17N5O2/c1-7-2-3-9(16-13)8(6-7)10(17)14-4-5-15-11(12)18/h2-3,6,16H,4-5,13H2,1H3,(H,14,17)(H3,12,15,18). The van der Waals surface area contributed by atoms with Crippen molar-refractivity contribution in [3.8, 4) is 0 Å². The largest absolute Gasteiger partial charge is 0.352 e. The van der Waals surface area contributed by atoms with Crippen LogP contribution in [0.25, 0.3) is 0 Å². The van der Waals surface area contributed by atoms with Crippen LogP contribution in [0.15, 0.2) is 18.2 Å². The smallest absolute Gasteiger partial charge is 0.312 e. The Morgan fingerprint density at radius 3 is 2.50 bits per heavy atom. The van der Waals surface area contributed by atoms with Gasteiger partial charge in [-0.05, 0) is 19.1 Å². The molecule has 0 atom stereocenters. The van der Waals surface area contributed by atoms with Crippen LogP contribution >= 0.6 is 0 Å². The molecule has 1 aromatic carbocycles. The first-order chi connectivity index (χ1) is 8.54. The lowest BCUT2D eigenvalue weighted by atomic mass is 10.1. The van der Waals surface area contributed by atoms with Crippen molar-refractivity contribution in [2.45, 2.75) is 6.92 Å². The van der Waals surface area contributed by atoms with Crippen molar-refractivity contribution in [1.29, 1.82) is 0 Å². The number of hydrazine groups is 1. The van der Waals surface area contributed by atoms with Gasteiger partial charge in [0.1, 0.15) is 0 Å². The van der Waals surface area contributed by atoms with Gasteiger partial charge < -0.3 is 21.8 Å². The summed E-state index contributed by atoms with van der Waals surface area (Å²) in [6.45, 7) is 2.45. The van der Waals surface area contributed by atoms with Crippen molar-refractivity contribution in [3.05, 3.63) is 29.3 Å². The van der Waals surface area contributed by atoms with Crippen LogP contribution in [0.2, 0.25) is 0 Å². The molecule has 3 amide bonds. The van der Waals surface area contributed by atoms with Crippen LogP contribution in [-0.4, -0.2) is 25.0 Å². The Labute approximate surface area is 105 Å².